The van der Waals surface area contributed by atoms with Gasteiger partial charge >= 0.3 is 5.97 Å². The first kappa shape index (κ1) is 14.3. The quantitative estimate of drug-likeness (QED) is 0.746. The molecule has 0 atom stereocenters. The second-order valence-corrected chi connectivity index (χ2v) is 5.07. The Labute approximate surface area is 128 Å². The average molecular weight is 292 g/mol. The molecule has 0 fully saturated rings. The van der Waals surface area contributed by atoms with Crippen LogP contribution >= 0.6 is 0 Å². The van der Waals surface area contributed by atoms with Gasteiger partial charge in [0.25, 0.3) is 0 Å². The Kier molecular flexibility index (Phi) is 4.17. The van der Waals surface area contributed by atoms with Crippen LogP contribution in [0.5, 0.6) is 0 Å². The summed E-state index contributed by atoms with van der Waals surface area (Å²) in [6.45, 7) is 0.202. The van der Waals surface area contributed by atoms with E-state index in [-0.39, 0.29) is 19.2 Å². The van der Waals surface area contributed by atoms with Gasteiger partial charge in [0.05, 0.1) is 12.2 Å². The van der Waals surface area contributed by atoms with E-state index in [9.17, 15) is 4.79 Å². The predicted molar refractivity (Wildman–Crippen MR) is 85.4 cm³/mol. The second kappa shape index (κ2) is 6.41. The molecule has 22 heavy (non-hydrogen) atoms. The van der Waals surface area contributed by atoms with Crippen LogP contribution in [-0.4, -0.2) is 11.1 Å². The molecule has 110 valence electrons. The zero-order chi connectivity index (χ0) is 15.4. The van der Waals surface area contributed by atoms with E-state index >= 15 is 0 Å². The summed E-state index contributed by atoms with van der Waals surface area (Å²) in [6.07, 6.45) is 0. The van der Waals surface area contributed by atoms with E-state index in [2.05, 4.69) is 0 Å². The molecule has 3 nitrogen and oxygen atoms in total. The number of ether oxygens (including phenoxy) is 1. The molecule has 0 aliphatic heterocycles. The largest absolute Gasteiger partial charge is 0.457 e. The summed E-state index contributed by atoms with van der Waals surface area (Å²) in [5, 5.41) is 11.2. The number of esters is 1. The average Bonchev–Trinajstić information content (AvgIpc) is 2.59. The number of carbonyl (C=O) groups is 1. The molecule has 0 amide bonds. The van der Waals surface area contributed by atoms with Gasteiger partial charge in [-0.1, -0.05) is 54.6 Å². The number of carbonyl (C=O) groups excluding carboxylic acids is 1. The minimum absolute atomic E-state index is 0.0364. The van der Waals surface area contributed by atoms with Crippen molar-refractivity contribution >= 4 is 16.7 Å². The van der Waals surface area contributed by atoms with E-state index in [0.29, 0.717) is 5.56 Å². The van der Waals surface area contributed by atoms with Crippen LogP contribution in [0.2, 0.25) is 0 Å². The van der Waals surface area contributed by atoms with E-state index in [1.54, 1.807) is 24.3 Å². The molecule has 3 aromatic rings. The number of fused-ring (bicyclic) bond motifs is 1. The highest BCUT2D eigenvalue weighted by Crippen LogP contribution is 2.19. The first-order chi connectivity index (χ1) is 10.8. The van der Waals surface area contributed by atoms with Gasteiger partial charge in [-0.3, -0.25) is 0 Å². The minimum atomic E-state index is -0.363. The summed E-state index contributed by atoms with van der Waals surface area (Å²) < 4.78 is 5.39. The molecule has 0 heterocycles. The van der Waals surface area contributed by atoms with Gasteiger partial charge in [-0.25, -0.2) is 4.79 Å². The van der Waals surface area contributed by atoms with Gasteiger partial charge in [-0.05, 0) is 34.0 Å². The SMILES string of the molecule is O=C(OCc1cccc2ccccc12)c1ccc(CO)cc1. The molecule has 0 unspecified atom stereocenters. The van der Waals surface area contributed by atoms with Crippen molar-refractivity contribution in [2.75, 3.05) is 0 Å². The first-order valence-electron chi connectivity index (χ1n) is 7.11. The summed E-state index contributed by atoms with van der Waals surface area (Å²) in [7, 11) is 0. The number of hydrogen-bond donors (Lipinski definition) is 1. The lowest BCUT2D eigenvalue weighted by atomic mass is 10.1. The van der Waals surface area contributed by atoms with Crippen LogP contribution < -0.4 is 0 Å². The van der Waals surface area contributed by atoms with E-state index in [4.69, 9.17) is 9.84 Å². The predicted octanol–water partition coefficient (Wildman–Crippen LogP) is 3.69. The first-order valence-corrected chi connectivity index (χ1v) is 7.11. The van der Waals surface area contributed by atoms with Crippen molar-refractivity contribution in [1.82, 2.24) is 0 Å². The van der Waals surface area contributed by atoms with Crippen LogP contribution in [0.15, 0.2) is 66.7 Å². The number of benzene rings is 3. The molecule has 3 aromatic carbocycles. The standard InChI is InChI=1S/C19H16O3/c20-12-14-8-10-16(11-9-14)19(21)22-13-17-6-3-5-15-4-1-2-7-18(15)17/h1-11,20H,12-13H2. The summed E-state index contributed by atoms with van der Waals surface area (Å²) in [5.74, 6) is -0.363. The van der Waals surface area contributed by atoms with Crippen LogP contribution in [0.1, 0.15) is 21.5 Å². The molecule has 0 spiro atoms. The molecule has 3 rings (SSSR count). The molecular formula is C19H16O3. The highest BCUT2D eigenvalue weighted by atomic mass is 16.5. The number of aliphatic hydroxyl groups is 1. The maximum absolute atomic E-state index is 12.1. The third-order valence-electron chi connectivity index (χ3n) is 3.61. The zero-order valence-corrected chi connectivity index (χ0v) is 12.0. The number of aliphatic hydroxyl groups excluding tert-OH is 1. The van der Waals surface area contributed by atoms with Crippen molar-refractivity contribution < 1.29 is 14.6 Å². The van der Waals surface area contributed by atoms with Crippen molar-refractivity contribution in [3.8, 4) is 0 Å². The van der Waals surface area contributed by atoms with Crippen LogP contribution in [0, 0.1) is 0 Å². The van der Waals surface area contributed by atoms with Crippen molar-refractivity contribution in [3.05, 3.63) is 83.4 Å². The fraction of sp³-hybridized carbons (Fsp3) is 0.105. The highest BCUT2D eigenvalue weighted by molar-refractivity contribution is 5.90. The lowest BCUT2D eigenvalue weighted by Crippen LogP contribution is -2.05. The van der Waals surface area contributed by atoms with Gasteiger partial charge in [-0.15, -0.1) is 0 Å². The molecule has 0 aliphatic carbocycles. The van der Waals surface area contributed by atoms with E-state index in [1.807, 2.05) is 42.5 Å². The minimum Gasteiger partial charge on any atom is -0.457 e. The van der Waals surface area contributed by atoms with Crippen molar-refractivity contribution in [2.24, 2.45) is 0 Å². The Hall–Kier alpha value is -2.65. The number of rotatable bonds is 4. The topological polar surface area (TPSA) is 46.5 Å². The second-order valence-electron chi connectivity index (χ2n) is 5.07. The van der Waals surface area contributed by atoms with Gasteiger partial charge in [0.2, 0.25) is 0 Å². The van der Waals surface area contributed by atoms with Crippen LogP contribution in [0.25, 0.3) is 10.8 Å². The fourth-order valence-electron chi connectivity index (χ4n) is 2.39. The van der Waals surface area contributed by atoms with Crippen molar-refractivity contribution in [1.29, 1.82) is 0 Å². The Bertz CT molecular complexity index is 786. The number of hydrogen-bond acceptors (Lipinski definition) is 3. The molecule has 0 aromatic heterocycles. The van der Waals surface area contributed by atoms with E-state index < -0.39 is 0 Å². The lowest BCUT2D eigenvalue weighted by molar-refractivity contribution is 0.0474. The molecular weight excluding hydrogens is 276 g/mol. The normalized spacial score (nSPS) is 10.6. The monoisotopic (exact) mass is 292 g/mol. The Morgan fingerprint density at radius 2 is 1.64 bits per heavy atom. The van der Waals surface area contributed by atoms with Crippen molar-refractivity contribution in [2.45, 2.75) is 13.2 Å². The van der Waals surface area contributed by atoms with E-state index in [0.717, 1.165) is 21.9 Å². The zero-order valence-electron chi connectivity index (χ0n) is 12.0. The molecule has 0 saturated carbocycles. The molecule has 0 bridgehead atoms. The Morgan fingerprint density at radius 1 is 0.909 bits per heavy atom. The maximum Gasteiger partial charge on any atom is 0.338 e. The van der Waals surface area contributed by atoms with Gasteiger partial charge in [-0.2, -0.15) is 0 Å². The molecule has 3 heteroatoms. The van der Waals surface area contributed by atoms with Crippen LogP contribution in [0.3, 0.4) is 0 Å². The van der Waals surface area contributed by atoms with Gasteiger partial charge in [0, 0.05) is 0 Å². The molecule has 0 radical (unpaired) electrons. The smallest absolute Gasteiger partial charge is 0.338 e. The third kappa shape index (κ3) is 3.00. The van der Waals surface area contributed by atoms with E-state index in [1.165, 1.54) is 0 Å². The van der Waals surface area contributed by atoms with Gasteiger partial charge < -0.3 is 9.84 Å². The lowest BCUT2D eigenvalue weighted by Gasteiger charge is -2.08. The third-order valence-corrected chi connectivity index (χ3v) is 3.61. The Morgan fingerprint density at radius 3 is 2.41 bits per heavy atom. The summed E-state index contributed by atoms with van der Waals surface area (Å²) >= 11 is 0. The summed E-state index contributed by atoms with van der Waals surface area (Å²) in [5.41, 5.74) is 2.24. The molecule has 0 saturated heterocycles. The summed E-state index contributed by atoms with van der Waals surface area (Å²) in [4.78, 5) is 12.1. The maximum atomic E-state index is 12.1. The molecule has 0 aliphatic rings. The van der Waals surface area contributed by atoms with Crippen LogP contribution in [0.4, 0.5) is 0 Å². The highest BCUT2D eigenvalue weighted by Gasteiger charge is 2.08. The summed E-state index contributed by atoms with van der Waals surface area (Å²) in [6, 6.07) is 20.7. The van der Waals surface area contributed by atoms with Crippen molar-refractivity contribution in [3.63, 3.8) is 0 Å². The fourth-order valence-corrected chi connectivity index (χ4v) is 2.39. The van der Waals surface area contributed by atoms with Gasteiger partial charge in [0.15, 0.2) is 0 Å². The molecule has 1 N–H and O–H groups in total. The van der Waals surface area contributed by atoms with Gasteiger partial charge in [0.1, 0.15) is 6.61 Å². The van der Waals surface area contributed by atoms with Crippen LogP contribution in [-0.2, 0) is 18.0 Å². The Balaban J connectivity index is 1.74.